The average Bonchev–Trinajstić information content (AvgIpc) is 2.65. The zero-order valence-electron chi connectivity index (χ0n) is 18.9. The van der Waals surface area contributed by atoms with E-state index < -0.39 is 0 Å². The van der Waals surface area contributed by atoms with Crippen molar-refractivity contribution < 1.29 is 14.2 Å². The summed E-state index contributed by atoms with van der Waals surface area (Å²) < 4.78 is 16.9. The summed E-state index contributed by atoms with van der Waals surface area (Å²) in [4.78, 5) is 0. The van der Waals surface area contributed by atoms with Gasteiger partial charge >= 0.3 is 0 Å². The van der Waals surface area contributed by atoms with Crippen LogP contribution in [-0.4, -0.2) is 39.6 Å². The van der Waals surface area contributed by atoms with E-state index in [1.165, 1.54) is 83.5 Å². The van der Waals surface area contributed by atoms with Crippen LogP contribution in [0.2, 0.25) is 0 Å². The molecule has 0 radical (unpaired) electrons. The van der Waals surface area contributed by atoms with E-state index in [0.29, 0.717) is 6.61 Å². The molecule has 0 aliphatic heterocycles. The Morgan fingerprint density at radius 1 is 0.444 bits per heavy atom. The molecule has 3 nitrogen and oxygen atoms in total. The molecule has 164 valence electrons. The minimum Gasteiger partial charge on any atom is -0.381 e. The van der Waals surface area contributed by atoms with Crippen molar-refractivity contribution >= 4 is 0 Å². The van der Waals surface area contributed by atoms with Gasteiger partial charge in [-0.15, -0.1) is 0 Å². The fourth-order valence-corrected chi connectivity index (χ4v) is 3.14. The Morgan fingerprint density at radius 2 is 0.852 bits per heavy atom. The van der Waals surface area contributed by atoms with Crippen LogP contribution in [0.1, 0.15) is 111 Å². The van der Waals surface area contributed by atoms with E-state index in [1.54, 1.807) is 0 Å². The van der Waals surface area contributed by atoms with E-state index in [0.717, 1.165) is 45.4 Å². The van der Waals surface area contributed by atoms with Crippen LogP contribution in [0, 0.1) is 5.92 Å². The van der Waals surface area contributed by atoms with Gasteiger partial charge in [-0.25, -0.2) is 0 Å². The maximum Gasteiger partial charge on any atom is 0.0700 e. The van der Waals surface area contributed by atoms with E-state index in [-0.39, 0.29) is 0 Å². The lowest BCUT2D eigenvalue weighted by Gasteiger charge is -2.07. The van der Waals surface area contributed by atoms with Gasteiger partial charge < -0.3 is 14.2 Å². The lowest BCUT2D eigenvalue weighted by molar-refractivity contribution is 0.0342. The predicted octanol–water partition coefficient (Wildman–Crippen LogP) is 7.17. The molecule has 0 saturated heterocycles. The minimum absolute atomic E-state index is 0.714. The highest BCUT2D eigenvalue weighted by atomic mass is 16.5. The molecule has 0 N–H and O–H groups in total. The molecule has 0 atom stereocenters. The molecule has 0 fully saturated rings. The van der Waals surface area contributed by atoms with Crippen molar-refractivity contribution in [3.8, 4) is 0 Å². The Balaban J connectivity index is 2.97. The van der Waals surface area contributed by atoms with Crippen molar-refractivity contribution in [3.63, 3.8) is 0 Å². The number of hydrogen-bond acceptors (Lipinski definition) is 3. The molecule has 0 aromatic carbocycles. The van der Waals surface area contributed by atoms with E-state index >= 15 is 0 Å². The number of hydrogen-bond donors (Lipinski definition) is 0. The Hall–Kier alpha value is -0.120. The van der Waals surface area contributed by atoms with Gasteiger partial charge in [0, 0.05) is 26.4 Å². The molecule has 0 unspecified atom stereocenters. The topological polar surface area (TPSA) is 27.7 Å². The van der Waals surface area contributed by atoms with Gasteiger partial charge in [0.2, 0.25) is 0 Å². The van der Waals surface area contributed by atoms with Gasteiger partial charge in [-0.05, 0) is 25.2 Å². The van der Waals surface area contributed by atoms with Gasteiger partial charge in [-0.1, -0.05) is 91.4 Å². The van der Waals surface area contributed by atoms with Gasteiger partial charge in [-0.2, -0.15) is 0 Å². The molecule has 0 aromatic heterocycles. The SMILES string of the molecule is CCCCCCCCCCOCCCOCCOCCCCCCC(C)C. The Bertz CT molecular complexity index is 256. The molecule has 0 rings (SSSR count). The van der Waals surface area contributed by atoms with Crippen molar-refractivity contribution in [3.05, 3.63) is 0 Å². The summed E-state index contributed by atoms with van der Waals surface area (Å²) in [7, 11) is 0. The summed E-state index contributed by atoms with van der Waals surface area (Å²) >= 11 is 0. The largest absolute Gasteiger partial charge is 0.381 e. The highest BCUT2D eigenvalue weighted by Crippen LogP contribution is 2.09. The molecule has 0 bridgehead atoms. The van der Waals surface area contributed by atoms with Crippen LogP contribution in [0.5, 0.6) is 0 Å². The Kier molecular flexibility index (Phi) is 23.8. The molecular weight excluding hydrogens is 336 g/mol. The average molecular weight is 387 g/mol. The van der Waals surface area contributed by atoms with Crippen LogP contribution in [0.25, 0.3) is 0 Å². The first-order valence-electron chi connectivity index (χ1n) is 12.0. The van der Waals surface area contributed by atoms with Gasteiger partial charge in [0.1, 0.15) is 0 Å². The molecular formula is C24H50O3. The summed E-state index contributed by atoms with van der Waals surface area (Å²) in [5.74, 6) is 0.842. The van der Waals surface area contributed by atoms with Crippen molar-refractivity contribution in [2.75, 3.05) is 39.6 Å². The molecule has 27 heavy (non-hydrogen) atoms. The third-order valence-electron chi connectivity index (χ3n) is 4.91. The standard InChI is InChI=1S/C24H50O3/c1-4-5-6-7-8-9-11-14-18-25-20-16-21-27-23-22-26-19-15-12-10-13-17-24(2)3/h24H,4-23H2,1-3H3. The smallest absolute Gasteiger partial charge is 0.0700 e. The quantitative estimate of drug-likeness (QED) is 0.174. The van der Waals surface area contributed by atoms with Crippen molar-refractivity contribution in [1.82, 2.24) is 0 Å². The second-order valence-electron chi connectivity index (χ2n) is 8.26. The first-order chi connectivity index (χ1) is 13.3. The first kappa shape index (κ1) is 26.9. The van der Waals surface area contributed by atoms with Gasteiger partial charge in [0.15, 0.2) is 0 Å². The summed E-state index contributed by atoms with van der Waals surface area (Å²) in [5, 5.41) is 0. The Labute approximate surface area is 170 Å². The molecule has 0 aliphatic rings. The molecule has 0 heterocycles. The maximum atomic E-state index is 5.67. The first-order valence-corrected chi connectivity index (χ1v) is 12.0. The second kappa shape index (κ2) is 23.9. The lowest BCUT2D eigenvalue weighted by atomic mass is 10.0. The molecule has 0 spiro atoms. The predicted molar refractivity (Wildman–Crippen MR) is 118 cm³/mol. The van der Waals surface area contributed by atoms with Crippen LogP contribution in [0.15, 0.2) is 0 Å². The molecule has 0 amide bonds. The van der Waals surface area contributed by atoms with Crippen LogP contribution in [-0.2, 0) is 14.2 Å². The lowest BCUT2D eigenvalue weighted by Crippen LogP contribution is -2.08. The molecule has 0 aliphatic carbocycles. The van der Waals surface area contributed by atoms with E-state index in [4.69, 9.17) is 14.2 Å². The fourth-order valence-electron chi connectivity index (χ4n) is 3.14. The number of unbranched alkanes of at least 4 members (excludes halogenated alkanes) is 10. The van der Waals surface area contributed by atoms with E-state index in [2.05, 4.69) is 20.8 Å². The zero-order chi connectivity index (χ0) is 19.8. The zero-order valence-corrected chi connectivity index (χ0v) is 18.9. The molecule has 3 heteroatoms. The van der Waals surface area contributed by atoms with Crippen LogP contribution < -0.4 is 0 Å². The van der Waals surface area contributed by atoms with E-state index in [9.17, 15) is 0 Å². The van der Waals surface area contributed by atoms with Crippen LogP contribution in [0.4, 0.5) is 0 Å². The van der Waals surface area contributed by atoms with E-state index in [1.807, 2.05) is 0 Å². The monoisotopic (exact) mass is 386 g/mol. The highest BCUT2D eigenvalue weighted by molar-refractivity contribution is 4.48. The maximum absolute atomic E-state index is 5.67. The fraction of sp³-hybridized carbons (Fsp3) is 1.00. The number of rotatable bonds is 23. The number of ether oxygens (including phenoxy) is 3. The van der Waals surface area contributed by atoms with Crippen molar-refractivity contribution in [1.29, 1.82) is 0 Å². The summed E-state index contributed by atoms with van der Waals surface area (Å²) in [6.07, 6.45) is 18.4. The van der Waals surface area contributed by atoms with Gasteiger partial charge in [0.25, 0.3) is 0 Å². The summed E-state index contributed by atoms with van der Waals surface area (Å²) in [6, 6.07) is 0. The Morgan fingerprint density at radius 3 is 1.37 bits per heavy atom. The van der Waals surface area contributed by atoms with Gasteiger partial charge in [-0.3, -0.25) is 0 Å². The van der Waals surface area contributed by atoms with Gasteiger partial charge in [0.05, 0.1) is 13.2 Å². The highest BCUT2D eigenvalue weighted by Gasteiger charge is 1.96. The third kappa shape index (κ3) is 25.9. The third-order valence-corrected chi connectivity index (χ3v) is 4.91. The second-order valence-corrected chi connectivity index (χ2v) is 8.26. The molecule has 0 aromatic rings. The van der Waals surface area contributed by atoms with Crippen molar-refractivity contribution in [2.45, 2.75) is 111 Å². The molecule has 0 saturated carbocycles. The van der Waals surface area contributed by atoms with Crippen LogP contribution in [0.3, 0.4) is 0 Å². The summed E-state index contributed by atoms with van der Waals surface area (Å²) in [6.45, 7) is 11.7. The minimum atomic E-state index is 0.714. The summed E-state index contributed by atoms with van der Waals surface area (Å²) in [5.41, 5.74) is 0. The van der Waals surface area contributed by atoms with Crippen molar-refractivity contribution in [2.24, 2.45) is 5.92 Å². The normalized spacial score (nSPS) is 11.6. The van der Waals surface area contributed by atoms with Crippen LogP contribution >= 0.6 is 0 Å².